The molecule has 3 aromatic carbocycles. The van der Waals surface area contributed by atoms with Crippen molar-refractivity contribution in [2.24, 2.45) is 5.73 Å². The van der Waals surface area contributed by atoms with E-state index >= 15 is 4.39 Å². The number of aromatic nitrogens is 3. The van der Waals surface area contributed by atoms with Crippen molar-refractivity contribution in [3.05, 3.63) is 119 Å². The standard InChI is InChI=1S/C27H22FN5O2.2ClH/c28-21-13-18(11-12-19(21)20-14-30-27(35)25-24(20)31-15-32-25)33-26(34)23(29)22(16-7-3-1-4-8-16)17-9-5-2-6-10-17;;/h1-15,22-23H,29H2,(H,30,35)(H,31,32)(H,33,34);2*1H. The quantitative estimate of drug-likeness (QED) is 0.243. The fraction of sp³-hybridized carbons (Fsp3) is 0.0741. The molecule has 10 heteroatoms. The third kappa shape index (κ3) is 5.56. The molecule has 0 spiro atoms. The third-order valence-electron chi connectivity index (χ3n) is 5.98. The molecule has 0 saturated carbocycles. The number of carbonyl (C=O) groups excluding carboxylic acids is 1. The number of carbonyl (C=O) groups is 1. The summed E-state index contributed by atoms with van der Waals surface area (Å²) >= 11 is 0. The summed E-state index contributed by atoms with van der Waals surface area (Å²) in [5.41, 5.74) is 9.49. The van der Waals surface area contributed by atoms with Gasteiger partial charge in [-0.05, 0) is 29.3 Å². The van der Waals surface area contributed by atoms with Gasteiger partial charge in [0, 0.05) is 28.9 Å². The number of rotatable bonds is 6. The highest BCUT2D eigenvalue weighted by molar-refractivity contribution is 5.96. The molecular weight excluding hydrogens is 516 g/mol. The van der Waals surface area contributed by atoms with Gasteiger partial charge in [-0.1, -0.05) is 60.7 Å². The maximum atomic E-state index is 15.1. The Kier molecular flexibility index (Phi) is 8.83. The molecule has 1 atom stereocenters. The van der Waals surface area contributed by atoms with Crippen molar-refractivity contribution in [2.75, 3.05) is 5.32 Å². The maximum absolute atomic E-state index is 15.1. The van der Waals surface area contributed by atoms with Crippen LogP contribution in [0, 0.1) is 5.82 Å². The van der Waals surface area contributed by atoms with E-state index in [2.05, 4.69) is 20.3 Å². The van der Waals surface area contributed by atoms with E-state index in [1.54, 1.807) is 6.07 Å². The fourth-order valence-electron chi connectivity index (χ4n) is 4.27. The first-order chi connectivity index (χ1) is 17.0. The molecule has 37 heavy (non-hydrogen) atoms. The predicted molar refractivity (Wildman–Crippen MR) is 148 cm³/mol. The Morgan fingerprint density at radius 1 is 0.892 bits per heavy atom. The molecule has 0 radical (unpaired) electrons. The SMILES string of the molecule is Cl.Cl.NC(C(=O)Nc1ccc(-c2c[nH]c(=O)c3[nH]cnc23)c(F)c1)C(c1ccccc1)c1ccccc1. The molecule has 0 fully saturated rings. The van der Waals surface area contributed by atoms with Crippen LogP contribution >= 0.6 is 24.8 Å². The van der Waals surface area contributed by atoms with Gasteiger partial charge in [0.25, 0.3) is 5.56 Å². The molecule has 190 valence electrons. The fourth-order valence-corrected chi connectivity index (χ4v) is 4.27. The lowest BCUT2D eigenvalue weighted by molar-refractivity contribution is -0.117. The van der Waals surface area contributed by atoms with Crippen LogP contribution in [0.2, 0.25) is 0 Å². The summed E-state index contributed by atoms with van der Waals surface area (Å²) in [6.45, 7) is 0. The van der Waals surface area contributed by atoms with Gasteiger partial charge in [-0.2, -0.15) is 0 Å². The van der Waals surface area contributed by atoms with E-state index in [4.69, 9.17) is 5.73 Å². The van der Waals surface area contributed by atoms with Crippen LogP contribution < -0.4 is 16.6 Å². The van der Waals surface area contributed by atoms with Gasteiger partial charge in [0.1, 0.15) is 16.9 Å². The summed E-state index contributed by atoms with van der Waals surface area (Å²) in [7, 11) is 0. The van der Waals surface area contributed by atoms with E-state index in [-0.39, 0.29) is 53.1 Å². The zero-order valence-corrected chi connectivity index (χ0v) is 21.0. The monoisotopic (exact) mass is 539 g/mol. The molecule has 5 N–H and O–H groups in total. The van der Waals surface area contributed by atoms with Crippen molar-refractivity contribution in [3.8, 4) is 11.1 Å². The number of benzene rings is 3. The maximum Gasteiger partial charge on any atom is 0.273 e. The molecule has 1 amide bonds. The van der Waals surface area contributed by atoms with Gasteiger partial charge in [0.15, 0.2) is 0 Å². The van der Waals surface area contributed by atoms with E-state index in [9.17, 15) is 9.59 Å². The number of H-pyrrole nitrogens is 2. The number of imidazole rings is 1. The average molecular weight is 540 g/mol. The average Bonchev–Trinajstić information content (AvgIpc) is 3.37. The molecule has 2 heterocycles. The molecule has 0 aliphatic rings. The minimum atomic E-state index is -0.912. The normalized spacial score (nSPS) is 11.4. The van der Waals surface area contributed by atoms with Gasteiger partial charge in [-0.15, -0.1) is 24.8 Å². The largest absolute Gasteiger partial charge is 0.340 e. The summed E-state index contributed by atoms with van der Waals surface area (Å²) in [6.07, 6.45) is 2.80. The number of amides is 1. The zero-order valence-electron chi connectivity index (χ0n) is 19.4. The number of hydrogen-bond donors (Lipinski definition) is 4. The van der Waals surface area contributed by atoms with Crippen LogP contribution in [0.15, 0.2) is 96.2 Å². The van der Waals surface area contributed by atoms with Crippen LogP contribution in [-0.4, -0.2) is 26.9 Å². The first-order valence-electron chi connectivity index (χ1n) is 11.0. The molecule has 0 aliphatic carbocycles. The lowest BCUT2D eigenvalue weighted by Gasteiger charge is -2.24. The number of aromatic amines is 2. The highest BCUT2D eigenvalue weighted by atomic mass is 35.5. The smallest absolute Gasteiger partial charge is 0.273 e. The Labute approximate surface area is 224 Å². The molecule has 1 unspecified atom stereocenters. The van der Waals surface area contributed by atoms with E-state index in [0.717, 1.165) is 11.1 Å². The number of pyridine rings is 1. The number of fused-ring (bicyclic) bond motifs is 1. The molecule has 0 bridgehead atoms. The van der Waals surface area contributed by atoms with E-state index in [0.29, 0.717) is 11.1 Å². The van der Waals surface area contributed by atoms with Crippen LogP contribution in [-0.2, 0) is 4.79 Å². The molecule has 5 aromatic rings. The van der Waals surface area contributed by atoms with E-state index in [1.807, 2.05) is 60.7 Å². The molecular formula is C27H24Cl2FN5O2. The van der Waals surface area contributed by atoms with E-state index < -0.39 is 17.8 Å². The van der Waals surface area contributed by atoms with Crippen molar-refractivity contribution >= 4 is 47.4 Å². The first-order valence-corrected chi connectivity index (χ1v) is 11.0. The zero-order chi connectivity index (χ0) is 24.4. The van der Waals surface area contributed by atoms with Crippen molar-refractivity contribution < 1.29 is 9.18 Å². The van der Waals surface area contributed by atoms with Crippen LogP contribution in [0.3, 0.4) is 0 Å². The van der Waals surface area contributed by atoms with Crippen LogP contribution in [0.5, 0.6) is 0 Å². The summed E-state index contributed by atoms with van der Waals surface area (Å²) in [5.74, 6) is -1.39. The Bertz CT molecular complexity index is 1520. The summed E-state index contributed by atoms with van der Waals surface area (Å²) in [4.78, 5) is 34.5. The van der Waals surface area contributed by atoms with Crippen LogP contribution in [0.1, 0.15) is 17.0 Å². The number of hydrogen-bond acceptors (Lipinski definition) is 4. The summed E-state index contributed by atoms with van der Waals surface area (Å²) in [5, 5.41) is 2.74. The predicted octanol–water partition coefficient (Wildman–Crippen LogP) is 5.00. The minimum absolute atomic E-state index is 0. The highest BCUT2D eigenvalue weighted by Gasteiger charge is 2.28. The molecule has 0 aliphatic heterocycles. The van der Waals surface area contributed by atoms with Gasteiger partial charge >= 0.3 is 0 Å². The number of nitrogens with two attached hydrogens (primary N) is 1. The topological polar surface area (TPSA) is 117 Å². The number of nitrogens with zero attached hydrogens (tertiary/aromatic N) is 1. The number of nitrogens with one attached hydrogen (secondary N) is 3. The summed E-state index contributed by atoms with van der Waals surface area (Å²) in [6, 6.07) is 22.6. The number of halogens is 3. The highest BCUT2D eigenvalue weighted by Crippen LogP contribution is 2.30. The lowest BCUT2D eigenvalue weighted by atomic mass is 9.85. The van der Waals surface area contributed by atoms with Crippen molar-refractivity contribution in [1.82, 2.24) is 15.0 Å². The Balaban J connectivity index is 0.00000190. The summed E-state index contributed by atoms with van der Waals surface area (Å²) < 4.78 is 15.1. The first kappa shape index (κ1) is 27.6. The number of anilines is 1. The van der Waals surface area contributed by atoms with Gasteiger partial charge in [-0.25, -0.2) is 9.37 Å². The van der Waals surface area contributed by atoms with E-state index in [1.165, 1.54) is 24.7 Å². The Morgan fingerprint density at radius 2 is 1.51 bits per heavy atom. The van der Waals surface area contributed by atoms with Crippen LogP contribution in [0.25, 0.3) is 22.2 Å². The van der Waals surface area contributed by atoms with Crippen molar-refractivity contribution in [3.63, 3.8) is 0 Å². The van der Waals surface area contributed by atoms with Gasteiger partial charge in [-0.3, -0.25) is 9.59 Å². The second-order valence-electron chi connectivity index (χ2n) is 8.17. The van der Waals surface area contributed by atoms with Crippen molar-refractivity contribution in [1.29, 1.82) is 0 Å². The molecule has 7 nitrogen and oxygen atoms in total. The van der Waals surface area contributed by atoms with Gasteiger partial charge in [0.05, 0.1) is 12.4 Å². The Hall–Kier alpha value is -3.98. The lowest BCUT2D eigenvalue weighted by Crippen LogP contribution is -2.41. The molecule has 2 aromatic heterocycles. The van der Waals surface area contributed by atoms with Crippen molar-refractivity contribution in [2.45, 2.75) is 12.0 Å². The second kappa shape index (κ2) is 11.8. The van der Waals surface area contributed by atoms with Gasteiger partial charge in [0.2, 0.25) is 5.91 Å². The van der Waals surface area contributed by atoms with Gasteiger partial charge < -0.3 is 21.0 Å². The minimum Gasteiger partial charge on any atom is -0.340 e. The third-order valence-corrected chi connectivity index (χ3v) is 5.98. The molecule has 5 rings (SSSR count). The molecule has 0 saturated heterocycles. The Morgan fingerprint density at radius 3 is 2.11 bits per heavy atom. The van der Waals surface area contributed by atoms with Crippen LogP contribution in [0.4, 0.5) is 10.1 Å². The second-order valence-corrected chi connectivity index (χ2v) is 8.17.